The molecule has 0 heterocycles. The summed E-state index contributed by atoms with van der Waals surface area (Å²) in [5.74, 6) is 0.522. The maximum Gasteiger partial charge on any atom is 0.344 e. The zero-order chi connectivity index (χ0) is 22.1. The highest BCUT2D eigenvalue weighted by Crippen LogP contribution is 2.32. The van der Waals surface area contributed by atoms with Crippen LogP contribution in [0, 0.1) is 13.8 Å². The van der Waals surface area contributed by atoms with Gasteiger partial charge in [0.1, 0.15) is 11.9 Å². The first-order valence-corrected chi connectivity index (χ1v) is 12.1. The monoisotopic (exact) mass is 422 g/mol. The second-order valence-electron chi connectivity index (χ2n) is 8.93. The van der Waals surface area contributed by atoms with Crippen molar-refractivity contribution in [3.8, 4) is 5.75 Å². The van der Waals surface area contributed by atoms with Crippen molar-refractivity contribution in [3.05, 3.63) is 64.2 Å². The van der Waals surface area contributed by atoms with Gasteiger partial charge in [0.15, 0.2) is 6.61 Å². The number of rotatable bonds is 10. The van der Waals surface area contributed by atoms with Crippen molar-refractivity contribution >= 4 is 5.97 Å². The van der Waals surface area contributed by atoms with Crippen molar-refractivity contribution in [2.45, 2.75) is 91.1 Å². The van der Waals surface area contributed by atoms with E-state index in [1.165, 1.54) is 43.2 Å². The van der Waals surface area contributed by atoms with Gasteiger partial charge in [0.2, 0.25) is 0 Å². The molecule has 1 atom stereocenters. The Hall–Kier alpha value is -2.29. The summed E-state index contributed by atoms with van der Waals surface area (Å²) < 4.78 is 11.8. The Morgan fingerprint density at radius 1 is 1.00 bits per heavy atom. The highest BCUT2D eigenvalue weighted by atomic mass is 16.6. The molecule has 3 nitrogen and oxygen atoms in total. The third kappa shape index (κ3) is 6.85. The van der Waals surface area contributed by atoms with Crippen LogP contribution in [0.3, 0.4) is 0 Å². The summed E-state index contributed by atoms with van der Waals surface area (Å²) >= 11 is 0. The van der Waals surface area contributed by atoms with Gasteiger partial charge in [0, 0.05) is 0 Å². The number of esters is 1. The first-order valence-electron chi connectivity index (χ1n) is 12.1. The average Bonchev–Trinajstić information content (AvgIpc) is 2.95. The summed E-state index contributed by atoms with van der Waals surface area (Å²) in [7, 11) is 0. The number of fused-ring (bicyclic) bond motifs is 1. The minimum Gasteiger partial charge on any atom is -0.481 e. The van der Waals surface area contributed by atoms with Crippen LogP contribution in [0.1, 0.15) is 92.2 Å². The predicted molar refractivity (Wildman–Crippen MR) is 127 cm³/mol. The summed E-state index contributed by atoms with van der Waals surface area (Å²) in [5.41, 5.74) is 6.00. The van der Waals surface area contributed by atoms with Gasteiger partial charge in [-0.1, -0.05) is 69.0 Å². The van der Waals surface area contributed by atoms with E-state index < -0.39 is 0 Å². The van der Waals surface area contributed by atoms with E-state index in [0.29, 0.717) is 0 Å². The van der Waals surface area contributed by atoms with E-state index in [-0.39, 0.29) is 18.7 Å². The fourth-order valence-electron chi connectivity index (χ4n) is 4.67. The molecule has 0 radical (unpaired) electrons. The number of hydrogen-bond acceptors (Lipinski definition) is 3. The van der Waals surface area contributed by atoms with E-state index in [0.717, 1.165) is 54.5 Å². The van der Waals surface area contributed by atoms with E-state index in [1.54, 1.807) is 0 Å². The summed E-state index contributed by atoms with van der Waals surface area (Å²) in [5, 5.41) is 0. The number of aryl methyl sites for hydroxylation is 4. The molecule has 0 aromatic heterocycles. The lowest BCUT2D eigenvalue weighted by Gasteiger charge is -2.19. The second-order valence-corrected chi connectivity index (χ2v) is 8.93. The molecule has 0 aliphatic heterocycles. The molecule has 0 spiro atoms. The zero-order valence-corrected chi connectivity index (χ0v) is 19.5. The third-order valence-corrected chi connectivity index (χ3v) is 6.26. The van der Waals surface area contributed by atoms with Crippen LogP contribution in [-0.4, -0.2) is 12.6 Å². The first-order chi connectivity index (χ1) is 15.1. The lowest BCUT2D eigenvalue weighted by molar-refractivity contribution is -0.152. The Morgan fingerprint density at radius 2 is 1.74 bits per heavy atom. The van der Waals surface area contributed by atoms with Crippen LogP contribution >= 0.6 is 0 Å². The van der Waals surface area contributed by atoms with E-state index in [9.17, 15) is 4.79 Å². The summed E-state index contributed by atoms with van der Waals surface area (Å²) in [4.78, 5) is 12.6. The largest absolute Gasteiger partial charge is 0.481 e. The molecule has 0 amide bonds. The SMILES string of the molecule is CCCCCCCc1cc(C)c(OCC(=O)OC2CCCCc3ccccc32)c(C)c1. The number of hydrogen-bond donors (Lipinski definition) is 0. The lowest BCUT2D eigenvalue weighted by atomic mass is 10.0. The Balaban J connectivity index is 1.54. The van der Waals surface area contributed by atoms with Crippen LogP contribution < -0.4 is 4.74 Å². The van der Waals surface area contributed by atoms with Gasteiger partial charge in [0.05, 0.1) is 0 Å². The van der Waals surface area contributed by atoms with Crippen LogP contribution in [-0.2, 0) is 22.4 Å². The molecule has 31 heavy (non-hydrogen) atoms. The quantitative estimate of drug-likeness (QED) is 0.231. The fraction of sp³-hybridized carbons (Fsp3) is 0.536. The van der Waals surface area contributed by atoms with Crippen molar-refractivity contribution < 1.29 is 14.3 Å². The summed E-state index contributed by atoms with van der Waals surface area (Å²) in [6.07, 6.45) is 11.6. The van der Waals surface area contributed by atoms with Gasteiger partial charge < -0.3 is 9.47 Å². The van der Waals surface area contributed by atoms with Crippen LogP contribution in [0.25, 0.3) is 0 Å². The minimum atomic E-state index is -0.291. The van der Waals surface area contributed by atoms with E-state index in [1.807, 2.05) is 6.07 Å². The van der Waals surface area contributed by atoms with Crippen molar-refractivity contribution in [1.29, 1.82) is 0 Å². The van der Waals surface area contributed by atoms with E-state index in [4.69, 9.17) is 9.47 Å². The molecule has 0 saturated carbocycles. The highest BCUT2D eigenvalue weighted by Gasteiger charge is 2.22. The Morgan fingerprint density at radius 3 is 2.52 bits per heavy atom. The van der Waals surface area contributed by atoms with Gasteiger partial charge in [-0.2, -0.15) is 0 Å². The standard InChI is InChI=1S/C28H38O3/c1-4-5-6-7-8-13-23-18-21(2)28(22(3)19-23)30-20-27(29)31-26-17-12-10-15-24-14-9-11-16-25(24)26/h9,11,14,16,18-19,26H,4-8,10,12-13,15,17,20H2,1-3H3. The number of carbonyl (C=O) groups is 1. The van der Waals surface area contributed by atoms with Crippen LogP contribution in [0.5, 0.6) is 5.75 Å². The molecule has 1 aliphatic carbocycles. The molecule has 0 saturated heterocycles. The molecule has 3 rings (SSSR count). The van der Waals surface area contributed by atoms with Crippen molar-refractivity contribution in [2.75, 3.05) is 6.61 Å². The molecule has 0 bridgehead atoms. The van der Waals surface area contributed by atoms with Crippen molar-refractivity contribution in [1.82, 2.24) is 0 Å². The van der Waals surface area contributed by atoms with Crippen molar-refractivity contribution in [3.63, 3.8) is 0 Å². The van der Waals surface area contributed by atoms with E-state index in [2.05, 4.69) is 51.1 Å². The van der Waals surface area contributed by atoms with Gasteiger partial charge in [-0.15, -0.1) is 0 Å². The van der Waals surface area contributed by atoms with Gasteiger partial charge in [-0.3, -0.25) is 0 Å². The predicted octanol–water partition coefficient (Wildman–Crippen LogP) is 7.21. The molecule has 2 aromatic rings. The van der Waals surface area contributed by atoms with Gasteiger partial charge >= 0.3 is 5.97 Å². The Labute approximate surface area is 188 Å². The Bertz CT molecular complexity index is 832. The average molecular weight is 423 g/mol. The highest BCUT2D eigenvalue weighted by molar-refractivity contribution is 5.71. The molecule has 1 aliphatic rings. The molecular formula is C28H38O3. The lowest BCUT2D eigenvalue weighted by Crippen LogP contribution is -2.19. The number of unbranched alkanes of at least 4 members (excludes halogenated alkanes) is 4. The van der Waals surface area contributed by atoms with Crippen molar-refractivity contribution in [2.24, 2.45) is 0 Å². The van der Waals surface area contributed by atoms with Crippen LogP contribution in [0.2, 0.25) is 0 Å². The molecule has 0 fully saturated rings. The first kappa shape index (κ1) is 23.4. The van der Waals surface area contributed by atoms with Gasteiger partial charge in [-0.25, -0.2) is 4.79 Å². The number of benzene rings is 2. The normalized spacial score (nSPS) is 15.8. The van der Waals surface area contributed by atoms with Crippen LogP contribution in [0.15, 0.2) is 36.4 Å². The molecule has 168 valence electrons. The minimum absolute atomic E-state index is 0.0449. The number of ether oxygens (including phenoxy) is 2. The second kappa shape index (κ2) is 11.9. The van der Waals surface area contributed by atoms with Gasteiger partial charge in [0.25, 0.3) is 0 Å². The van der Waals surface area contributed by atoms with Crippen LogP contribution in [0.4, 0.5) is 0 Å². The number of carbonyl (C=O) groups excluding carboxylic acids is 1. The molecule has 1 unspecified atom stereocenters. The van der Waals surface area contributed by atoms with E-state index >= 15 is 0 Å². The molecule has 2 aromatic carbocycles. The smallest absolute Gasteiger partial charge is 0.344 e. The molecule has 3 heteroatoms. The third-order valence-electron chi connectivity index (χ3n) is 6.26. The molecular weight excluding hydrogens is 384 g/mol. The molecule has 0 N–H and O–H groups in total. The fourth-order valence-corrected chi connectivity index (χ4v) is 4.67. The maximum atomic E-state index is 12.6. The zero-order valence-electron chi connectivity index (χ0n) is 19.5. The maximum absolute atomic E-state index is 12.6. The Kier molecular flexibility index (Phi) is 8.99. The topological polar surface area (TPSA) is 35.5 Å². The van der Waals surface area contributed by atoms with Gasteiger partial charge in [-0.05, 0) is 80.2 Å². The summed E-state index contributed by atoms with van der Waals surface area (Å²) in [6.45, 7) is 6.33. The summed E-state index contributed by atoms with van der Waals surface area (Å²) in [6, 6.07) is 12.7.